The van der Waals surface area contributed by atoms with Gasteiger partial charge in [-0.1, -0.05) is 0 Å². The fraction of sp³-hybridized carbons (Fsp3) is 0.462. The molecule has 1 fully saturated rings. The van der Waals surface area contributed by atoms with Crippen molar-refractivity contribution >= 4 is 44.2 Å². The van der Waals surface area contributed by atoms with Crippen molar-refractivity contribution in [3.63, 3.8) is 0 Å². The average molecular weight is 453 g/mol. The van der Waals surface area contributed by atoms with Crippen LogP contribution in [0.5, 0.6) is 0 Å². The molecule has 0 spiro atoms. The lowest BCUT2D eigenvalue weighted by Gasteiger charge is -2.31. The van der Waals surface area contributed by atoms with E-state index in [1.807, 2.05) is 22.6 Å². The van der Waals surface area contributed by atoms with Crippen molar-refractivity contribution in [1.29, 1.82) is 0 Å². The highest BCUT2D eigenvalue weighted by molar-refractivity contribution is 14.1. The molecule has 1 N–H and O–H groups in total. The predicted molar refractivity (Wildman–Crippen MR) is 92.7 cm³/mol. The molecule has 126 valence electrons. The van der Waals surface area contributed by atoms with E-state index in [9.17, 15) is 23.3 Å². The number of nitrogens with one attached hydrogen (secondary N) is 1. The van der Waals surface area contributed by atoms with E-state index < -0.39 is 20.9 Å². The van der Waals surface area contributed by atoms with Gasteiger partial charge in [0.25, 0.3) is 11.6 Å². The first-order valence-corrected chi connectivity index (χ1v) is 9.81. The third-order valence-electron chi connectivity index (χ3n) is 3.59. The van der Waals surface area contributed by atoms with Gasteiger partial charge in [0, 0.05) is 34.8 Å². The van der Waals surface area contributed by atoms with Crippen molar-refractivity contribution in [3.05, 3.63) is 37.4 Å². The van der Waals surface area contributed by atoms with Crippen LogP contribution in [0.25, 0.3) is 0 Å². The molecule has 8 nitrogen and oxygen atoms in total. The van der Waals surface area contributed by atoms with Gasteiger partial charge >= 0.3 is 0 Å². The van der Waals surface area contributed by atoms with Crippen LogP contribution in [0.1, 0.15) is 23.2 Å². The summed E-state index contributed by atoms with van der Waals surface area (Å²) in [5, 5.41) is 13.6. The zero-order chi connectivity index (χ0) is 17.2. The number of rotatable bonds is 4. The van der Waals surface area contributed by atoms with Crippen molar-refractivity contribution in [2.75, 3.05) is 19.3 Å². The molecule has 2 rings (SSSR count). The molecule has 1 aliphatic heterocycles. The van der Waals surface area contributed by atoms with E-state index in [4.69, 9.17) is 0 Å². The molecule has 0 radical (unpaired) electrons. The molecule has 1 unspecified atom stereocenters. The molecule has 1 aliphatic rings. The monoisotopic (exact) mass is 453 g/mol. The van der Waals surface area contributed by atoms with Crippen LogP contribution < -0.4 is 5.32 Å². The number of amides is 1. The molecule has 1 atom stereocenters. The molecule has 1 aromatic rings. The fourth-order valence-corrected chi connectivity index (χ4v) is 3.92. The third-order valence-corrected chi connectivity index (χ3v) is 5.80. The maximum Gasteiger partial charge on any atom is 0.270 e. The third kappa shape index (κ3) is 4.61. The minimum Gasteiger partial charge on any atom is -0.348 e. The number of nitro groups is 1. The van der Waals surface area contributed by atoms with Gasteiger partial charge in [-0.3, -0.25) is 14.9 Å². The second-order valence-corrected chi connectivity index (χ2v) is 8.50. The van der Waals surface area contributed by atoms with E-state index in [1.54, 1.807) is 0 Å². The smallest absolute Gasteiger partial charge is 0.270 e. The quantitative estimate of drug-likeness (QED) is 0.421. The van der Waals surface area contributed by atoms with E-state index in [0.29, 0.717) is 23.0 Å². The second kappa shape index (κ2) is 7.09. The number of benzene rings is 1. The number of piperidine rings is 1. The summed E-state index contributed by atoms with van der Waals surface area (Å²) in [6.07, 6.45) is 2.47. The highest BCUT2D eigenvalue weighted by Gasteiger charge is 2.27. The fourth-order valence-electron chi connectivity index (χ4n) is 2.43. The molecule has 1 heterocycles. The summed E-state index contributed by atoms with van der Waals surface area (Å²) in [6.45, 7) is 0.662. The number of hydrogen-bond acceptors (Lipinski definition) is 5. The van der Waals surface area contributed by atoms with Gasteiger partial charge in [0.2, 0.25) is 10.0 Å². The lowest BCUT2D eigenvalue weighted by molar-refractivity contribution is -0.384. The number of carbonyl (C=O) groups excluding carboxylic acids is 1. The SMILES string of the molecule is CS(=O)(=O)N1CCCC(NC(=O)c2cc([N+](=O)[O-])ccc2I)C1. The summed E-state index contributed by atoms with van der Waals surface area (Å²) in [4.78, 5) is 22.6. The van der Waals surface area contributed by atoms with Crippen LogP contribution in [0, 0.1) is 13.7 Å². The molecule has 0 aliphatic carbocycles. The Morgan fingerprint density at radius 1 is 1.48 bits per heavy atom. The normalized spacial score (nSPS) is 19.3. The summed E-state index contributed by atoms with van der Waals surface area (Å²) in [7, 11) is -3.29. The summed E-state index contributed by atoms with van der Waals surface area (Å²) < 4.78 is 25.1. The van der Waals surface area contributed by atoms with Crippen molar-refractivity contribution < 1.29 is 18.1 Å². The Hall–Kier alpha value is -1.27. The first kappa shape index (κ1) is 18.1. The van der Waals surface area contributed by atoms with Crippen molar-refractivity contribution in [1.82, 2.24) is 9.62 Å². The van der Waals surface area contributed by atoms with Gasteiger partial charge in [-0.05, 0) is 41.5 Å². The number of nitrogens with zero attached hydrogens (tertiary/aromatic N) is 2. The maximum absolute atomic E-state index is 12.4. The Bertz CT molecular complexity index is 737. The number of carbonyl (C=O) groups is 1. The lowest BCUT2D eigenvalue weighted by Crippen LogP contribution is -2.49. The molecule has 1 saturated heterocycles. The Morgan fingerprint density at radius 3 is 2.78 bits per heavy atom. The van der Waals surface area contributed by atoms with E-state index >= 15 is 0 Å². The van der Waals surface area contributed by atoms with Crippen molar-refractivity contribution in [3.8, 4) is 0 Å². The molecule has 10 heteroatoms. The standard InChI is InChI=1S/C13H16IN3O5S/c1-23(21,22)16-6-2-3-9(8-16)15-13(18)11-7-10(17(19)20)4-5-12(11)14/h4-5,7,9H,2-3,6,8H2,1H3,(H,15,18). The van der Waals surface area contributed by atoms with Crippen LogP contribution >= 0.6 is 22.6 Å². The van der Waals surface area contributed by atoms with E-state index in [2.05, 4.69) is 5.32 Å². The topological polar surface area (TPSA) is 110 Å². The number of halogens is 1. The highest BCUT2D eigenvalue weighted by atomic mass is 127. The van der Waals surface area contributed by atoms with Gasteiger partial charge in [-0.25, -0.2) is 12.7 Å². The van der Waals surface area contributed by atoms with Crippen LogP contribution in [-0.2, 0) is 10.0 Å². The average Bonchev–Trinajstić information content (AvgIpc) is 2.46. The Kier molecular flexibility index (Phi) is 5.57. The van der Waals surface area contributed by atoms with Gasteiger partial charge in [0.05, 0.1) is 16.7 Å². The lowest BCUT2D eigenvalue weighted by atomic mass is 10.1. The minimum absolute atomic E-state index is 0.156. The summed E-state index contributed by atoms with van der Waals surface area (Å²) in [6, 6.07) is 3.77. The van der Waals surface area contributed by atoms with Crippen LogP contribution in [-0.4, -0.2) is 48.9 Å². The van der Waals surface area contributed by atoms with E-state index in [0.717, 1.165) is 6.26 Å². The van der Waals surface area contributed by atoms with Crippen LogP contribution in [0.15, 0.2) is 18.2 Å². The van der Waals surface area contributed by atoms with Crippen LogP contribution in [0.2, 0.25) is 0 Å². The number of hydrogen-bond donors (Lipinski definition) is 1. The van der Waals surface area contributed by atoms with E-state index in [1.165, 1.54) is 22.5 Å². The predicted octanol–water partition coefficient (Wildman–Crippen LogP) is 1.35. The Balaban J connectivity index is 2.13. The molecular weight excluding hydrogens is 437 g/mol. The van der Waals surface area contributed by atoms with E-state index in [-0.39, 0.29) is 23.8 Å². The van der Waals surface area contributed by atoms with Gasteiger partial charge < -0.3 is 5.32 Å². The Labute approximate surface area is 147 Å². The van der Waals surface area contributed by atoms with Crippen molar-refractivity contribution in [2.24, 2.45) is 0 Å². The second-order valence-electron chi connectivity index (χ2n) is 5.35. The zero-order valence-corrected chi connectivity index (χ0v) is 15.3. The molecule has 1 aromatic carbocycles. The first-order valence-electron chi connectivity index (χ1n) is 6.88. The molecular formula is C13H16IN3O5S. The van der Waals surface area contributed by atoms with Gasteiger partial charge in [-0.2, -0.15) is 0 Å². The van der Waals surface area contributed by atoms with Crippen LogP contribution in [0.3, 0.4) is 0 Å². The number of nitro benzene ring substituents is 1. The maximum atomic E-state index is 12.4. The van der Waals surface area contributed by atoms with Gasteiger partial charge in [0.15, 0.2) is 0 Å². The van der Waals surface area contributed by atoms with Gasteiger partial charge in [0.1, 0.15) is 0 Å². The summed E-state index contributed by atoms with van der Waals surface area (Å²) in [5.74, 6) is -0.432. The molecule has 23 heavy (non-hydrogen) atoms. The molecule has 0 bridgehead atoms. The highest BCUT2D eigenvalue weighted by Crippen LogP contribution is 2.20. The van der Waals surface area contributed by atoms with Crippen molar-refractivity contribution in [2.45, 2.75) is 18.9 Å². The first-order chi connectivity index (χ1) is 10.7. The molecule has 0 aromatic heterocycles. The largest absolute Gasteiger partial charge is 0.348 e. The number of non-ortho nitro benzene ring substituents is 1. The van der Waals surface area contributed by atoms with Gasteiger partial charge in [-0.15, -0.1) is 0 Å². The van der Waals surface area contributed by atoms with Crippen LogP contribution in [0.4, 0.5) is 5.69 Å². The molecule has 1 amide bonds. The Morgan fingerprint density at radius 2 is 2.17 bits per heavy atom. The number of sulfonamides is 1. The summed E-state index contributed by atoms with van der Waals surface area (Å²) in [5.41, 5.74) is 0.0632. The summed E-state index contributed by atoms with van der Waals surface area (Å²) >= 11 is 1.94. The zero-order valence-electron chi connectivity index (χ0n) is 12.4. The molecule has 0 saturated carbocycles. The minimum atomic E-state index is -3.29.